The first-order chi connectivity index (χ1) is 11.0. The number of fused-ring (bicyclic) bond motifs is 1. The highest BCUT2D eigenvalue weighted by molar-refractivity contribution is 9.10. The third-order valence-electron chi connectivity index (χ3n) is 3.19. The number of furan rings is 1. The van der Waals surface area contributed by atoms with E-state index in [1.165, 1.54) is 24.5 Å². The Labute approximate surface area is 143 Å². The number of amides is 1. The molecule has 23 heavy (non-hydrogen) atoms. The molecule has 1 N–H and O–H groups in total. The molecule has 2 aromatic carbocycles. The molecule has 0 bridgehead atoms. The van der Waals surface area contributed by atoms with E-state index < -0.39 is 10.8 Å². The van der Waals surface area contributed by atoms with Crippen LogP contribution in [0.2, 0.25) is 5.02 Å². The fourth-order valence-electron chi connectivity index (χ4n) is 2.08. The van der Waals surface area contributed by atoms with Crippen LogP contribution in [-0.4, -0.2) is 10.8 Å². The molecule has 1 amide bonds. The smallest absolute Gasteiger partial charge is 0.270 e. The van der Waals surface area contributed by atoms with E-state index >= 15 is 0 Å². The molecular formula is C15H8BrClN2O4. The van der Waals surface area contributed by atoms with Crippen molar-refractivity contribution < 1.29 is 14.1 Å². The van der Waals surface area contributed by atoms with Gasteiger partial charge in [-0.2, -0.15) is 0 Å². The zero-order valence-corrected chi connectivity index (χ0v) is 13.7. The lowest BCUT2D eigenvalue weighted by atomic mass is 10.1. The van der Waals surface area contributed by atoms with Crippen molar-refractivity contribution in [3.05, 3.63) is 67.8 Å². The van der Waals surface area contributed by atoms with Crippen molar-refractivity contribution in [2.24, 2.45) is 0 Å². The number of carbonyl (C=O) groups is 1. The number of hydrogen-bond acceptors (Lipinski definition) is 4. The Morgan fingerprint density at radius 1 is 1.26 bits per heavy atom. The molecule has 8 heteroatoms. The van der Waals surface area contributed by atoms with Gasteiger partial charge in [0, 0.05) is 27.7 Å². The lowest BCUT2D eigenvalue weighted by Gasteiger charge is -2.05. The van der Waals surface area contributed by atoms with Crippen molar-refractivity contribution in [2.75, 3.05) is 5.32 Å². The SMILES string of the molecule is O=C(Nc1ccc(Br)c(Cl)c1)c1coc2ccc([N+](=O)[O-])cc12. The lowest BCUT2D eigenvalue weighted by Crippen LogP contribution is -2.11. The second-order valence-electron chi connectivity index (χ2n) is 4.67. The van der Waals surface area contributed by atoms with Gasteiger partial charge in [0.05, 0.1) is 15.5 Å². The van der Waals surface area contributed by atoms with Gasteiger partial charge >= 0.3 is 0 Å². The molecule has 1 heterocycles. The van der Waals surface area contributed by atoms with Crippen LogP contribution in [0.1, 0.15) is 10.4 Å². The average Bonchev–Trinajstić information content (AvgIpc) is 2.94. The van der Waals surface area contributed by atoms with E-state index in [1.54, 1.807) is 18.2 Å². The molecule has 6 nitrogen and oxygen atoms in total. The Balaban J connectivity index is 1.95. The highest BCUT2D eigenvalue weighted by atomic mass is 79.9. The first-order valence-electron chi connectivity index (χ1n) is 6.38. The summed E-state index contributed by atoms with van der Waals surface area (Å²) in [7, 11) is 0. The Morgan fingerprint density at radius 3 is 2.74 bits per heavy atom. The van der Waals surface area contributed by atoms with E-state index in [-0.39, 0.29) is 11.3 Å². The van der Waals surface area contributed by atoms with Crippen molar-refractivity contribution in [3.8, 4) is 0 Å². The van der Waals surface area contributed by atoms with Crippen LogP contribution in [0.5, 0.6) is 0 Å². The van der Waals surface area contributed by atoms with Crippen LogP contribution in [0.15, 0.2) is 51.6 Å². The van der Waals surface area contributed by atoms with Gasteiger partial charge in [-0.15, -0.1) is 0 Å². The predicted molar refractivity (Wildman–Crippen MR) is 90.0 cm³/mol. The maximum Gasteiger partial charge on any atom is 0.270 e. The van der Waals surface area contributed by atoms with Gasteiger partial charge in [0.25, 0.3) is 11.6 Å². The summed E-state index contributed by atoms with van der Waals surface area (Å²) in [6, 6.07) is 9.06. The summed E-state index contributed by atoms with van der Waals surface area (Å²) in [6.07, 6.45) is 1.27. The number of rotatable bonds is 3. The third-order valence-corrected chi connectivity index (χ3v) is 4.42. The summed E-state index contributed by atoms with van der Waals surface area (Å²) in [5.41, 5.74) is 1.000. The molecular weight excluding hydrogens is 388 g/mol. The molecule has 0 saturated carbocycles. The van der Waals surface area contributed by atoms with E-state index in [0.717, 1.165) is 0 Å². The quantitative estimate of drug-likeness (QED) is 0.499. The van der Waals surface area contributed by atoms with Gasteiger partial charge in [-0.1, -0.05) is 11.6 Å². The minimum atomic E-state index is -0.525. The second-order valence-corrected chi connectivity index (χ2v) is 5.93. The maximum absolute atomic E-state index is 12.4. The number of non-ortho nitro benzene ring substituents is 1. The zero-order valence-electron chi connectivity index (χ0n) is 11.4. The minimum Gasteiger partial charge on any atom is -0.463 e. The molecule has 0 aliphatic heterocycles. The molecule has 1 aromatic heterocycles. The molecule has 0 aliphatic rings. The summed E-state index contributed by atoms with van der Waals surface area (Å²) in [5, 5.41) is 14.4. The second kappa shape index (κ2) is 6.02. The van der Waals surface area contributed by atoms with Gasteiger partial charge in [-0.3, -0.25) is 14.9 Å². The lowest BCUT2D eigenvalue weighted by molar-refractivity contribution is -0.384. The molecule has 0 atom stereocenters. The van der Waals surface area contributed by atoms with Gasteiger partial charge in [-0.05, 0) is 40.2 Å². The Bertz CT molecular complexity index is 938. The Morgan fingerprint density at radius 2 is 2.04 bits per heavy atom. The number of nitrogens with zero attached hydrogens (tertiary/aromatic N) is 1. The normalized spacial score (nSPS) is 10.7. The van der Waals surface area contributed by atoms with E-state index in [1.807, 2.05) is 0 Å². The number of halogens is 2. The van der Waals surface area contributed by atoms with Crippen molar-refractivity contribution in [3.63, 3.8) is 0 Å². The minimum absolute atomic E-state index is 0.111. The van der Waals surface area contributed by atoms with E-state index in [2.05, 4.69) is 21.2 Å². The number of carbonyl (C=O) groups excluding carboxylic acids is 1. The molecule has 0 fully saturated rings. The largest absolute Gasteiger partial charge is 0.463 e. The highest BCUT2D eigenvalue weighted by Gasteiger charge is 2.17. The predicted octanol–water partition coefficient (Wildman–Crippen LogP) is 5.01. The zero-order chi connectivity index (χ0) is 16.6. The summed E-state index contributed by atoms with van der Waals surface area (Å²) in [4.78, 5) is 22.7. The van der Waals surface area contributed by atoms with Crippen LogP contribution in [0.25, 0.3) is 11.0 Å². The molecule has 0 spiro atoms. The van der Waals surface area contributed by atoms with Gasteiger partial charge in [0.2, 0.25) is 0 Å². The van der Waals surface area contributed by atoms with Crippen LogP contribution < -0.4 is 5.32 Å². The van der Waals surface area contributed by atoms with Gasteiger partial charge in [-0.25, -0.2) is 0 Å². The number of hydrogen-bond donors (Lipinski definition) is 1. The Hall–Kier alpha value is -2.38. The third kappa shape index (κ3) is 3.06. The topological polar surface area (TPSA) is 85.4 Å². The summed E-state index contributed by atoms with van der Waals surface area (Å²) in [6.45, 7) is 0. The average molecular weight is 396 g/mol. The van der Waals surface area contributed by atoms with Crippen LogP contribution >= 0.6 is 27.5 Å². The summed E-state index contributed by atoms with van der Waals surface area (Å²) in [5.74, 6) is -0.442. The van der Waals surface area contributed by atoms with E-state index in [0.29, 0.717) is 26.2 Å². The van der Waals surface area contributed by atoms with Crippen LogP contribution in [0.3, 0.4) is 0 Å². The van der Waals surface area contributed by atoms with Gasteiger partial charge < -0.3 is 9.73 Å². The fourth-order valence-corrected chi connectivity index (χ4v) is 2.51. The first kappa shape index (κ1) is 15.5. The van der Waals surface area contributed by atoms with Crippen LogP contribution in [0, 0.1) is 10.1 Å². The number of anilines is 1. The first-order valence-corrected chi connectivity index (χ1v) is 7.55. The van der Waals surface area contributed by atoms with Gasteiger partial charge in [0.15, 0.2) is 0 Å². The highest BCUT2D eigenvalue weighted by Crippen LogP contribution is 2.28. The monoisotopic (exact) mass is 394 g/mol. The van der Waals surface area contributed by atoms with Crippen LogP contribution in [-0.2, 0) is 0 Å². The van der Waals surface area contributed by atoms with Crippen molar-refractivity contribution >= 4 is 55.8 Å². The number of benzene rings is 2. The molecule has 116 valence electrons. The summed E-state index contributed by atoms with van der Waals surface area (Å²) >= 11 is 9.25. The molecule has 3 rings (SSSR count). The van der Waals surface area contributed by atoms with Crippen LogP contribution in [0.4, 0.5) is 11.4 Å². The van der Waals surface area contributed by atoms with Crippen molar-refractivity contribution in [1.82, 2.24) is 0 Å². The number of nitro benzene ring substituents is 1. The summed E-state index contributed by atoms with van der Waals surface area (Å²) < 4.78 is 5.98. The van der Waals surface area contributed by atoms with E-state index in [4.69, 9.17) is 16.0 Å². The molecule has 0 aliphatic carbocycles. The van der Waals surface area contributed by atoms with Crippen molar-refractivity contribution in [2.45, 2.75) is 0 Å². The fraction of sp³-hybridized carbons (Fsp3) is 0. The number of nitrogens with one attached hydrogen (secondary N) is 1. The maximum atomic E-state index is 12.4. The molecule has 0 radical (unpaired) electrons. The Kier molecular flexibility index (Phi) is 4.06. The van der Waals surface area contributed by atoms with Gasteiger partial charge in [0.1, 0.15) is 11.8 Å². The molecule has 3 aromatic rings. The molecule has 0 saturated heterocycles. The number of nitro groups is 1. The van der Waals surface area contributed by atoms with E-state index in [9.17, 15) is 14.9 Å². The standard InChI is InChI=1S/C15H8BrClN2O4/c16-12-3-1-8(5-13(12)17)18-15(20)11-7-23-14-4-2-9(19(21)22)6-10(11)14/h1-7H,(H,18,20). The molecule has 0 unspecified atom stereocenters. The van der Waals surface area contributed by atoms with Crippen molar-refractivity contribution in [1.29, 1.82) is 0 Å².